The second kappa shape index (κ2) is 9.98. The van der Waals surface area contributed by atoms with Gasteiger partial charge in [-0.1, -0.05) is 17.7 Å². The molecule has 3 aromatic rings. The van der Waals surface area contributed by atoms with Crippen molar-refractivity contribution in [1.29, 1.82) is 0 Å². The Bertz CT molecular complexity index is 939. The molecule has 1 aromatic heterocycles. The van der Waals surface area contributed by atoms with Crippen molar-refractivity contribution in [3.8, 4) is 23.0 Å². The Hall–Kier alpha value is -2.75. The van der Waals surface area contributed by atoms with E-state index >= 15 is 0 Å². The van der Waals surface area contributed by atoms with Gasteiger partial charge in [-0.25, -0.2) is 9.98 Å². The Morgan fingerprint density at radius 1 is 1.14 bits per heavy atom. The SMILES string of the molecule is COc1ccc(OC)c(NC(N)=NCc2coc(-c3ccc(C)cc3)n2)c1.I. The van der Waals surface area contributed by atoms with Crippen LogP contribution in [0.5, 0.6) is 11.5 Å². The number of aryl methyl sites for hydroxylation is 1. The van der Waals surface area contributed by atoms with E-state index in [0.29, 0.717) is 35.3 Å². The third-order valence-corrected chi connectivity index (χ3v) is 3.93. The first kappa shape index (κ1) is 21.5. The van der Waals surface area contributed by atoms with Gasteiger partial charge < -0.3 is 24.9 Å². The molecule has 0 unspecified atom stereocenters. The molecule has 3 rings (SSSR count). The van der Waals surface area contributed by atoms with E-state index < -0.39 is 0 Å². The number of benzene rings is 2. The minimum atomic E-state index is 0. The van der Waals surface area contributed by atoms with Crippen molar-refractivity contribution in [2.24, 2.45) is 10.7 Å². The zero-order chi connectivity index (χ0) is 19.2. The molecular formula is C20H23IN4O3. The number of rotatable bonds is 6. The molecule has 0 radical (unpaired) electrons. The number of oxazole rings is 1. The summed E-state index contributed by atoms with van der Waals surface area (Å²) in [7, 11) is 3.18. The predicted octanol–water partition coefficient (Wildman–Crippen LogP) is 4.21. The predicted molar refractivity (Wildman–Crippen MR) is 121 cm³/mol. The summed E-state index contributed by atoms with van der Waals surface area (Å²) < 4.78 is 16.1. The van der Waals surface area contributed by atoms with Crippen molar-refractivity contribution in [3.05, 3.63) is 60.0 Å². The standard InChI is InChI=1S/C20H22N4O3.HI/c1-13-4-6-14(7-5-13)19-23-15(12-27-19)11-22-20(21)24-17-10-16(25-2)8-9-18(17)26-3;/h4-10,12H,11H2,1-3H3,(H3,21,22,24);1H. The Morgan fingerprint density at radius 3 is 2.57 bits per heavy atom. The van der Waals surface area contributed by atoms with Crippen molar-refractivity contribution in [2.45, 2.75) is 13.5 Å². The fourth-order valence-electron chi connectivity index (χ4n) is 2.46. The van der Waals surface area contributed by atoms with Gasteiger partial charge in [0.05, 0.1) is 26.5 Å². The Kier molecular flexibility index (Phi) is 7.68. The molecule has 3 N–H and O–H groups in total. The number of methoxy groups -OCH3 is 2. The van der Waals surface area contributed by atoms with E-state index in [0.717, 1.165) is 5.56 Å². The number of aromatic nitrogens is 1. The van der Waals surface area contributed by atoms with Gasteiger partial charge in [-0.3, -0.25) is 0 Å². The second-order valence-electron chi connectivity index (χ2n) is 5.90. The number of guanidine groups is 1. The molecule has 7 nitrogen and oxygen atoms in total. The number of nitrogens with one attached hydrogen (secondary N) is 1. The number of hydrogen-bond donors (Lipinski definition) is 2. The first-order valence-electron chi connectivity index (χ1n) is 8.39. The molecule has 0 bridgehead atoms. The average Bonchev–Trinajstić information content (AvgIpc) is 3.16. The lowest BCUT2D eigenvalue weighted by atomic mass is 10.1. The van der Waals surface area contributed by atoms with Crippen molar-refractivity contribution in [3.63, 3.8) is 0 Å². The molecule has 28 heavy (non-hydrogen) atoms. The van der Waals surface area contributed by atoms with Crippen LogP contribution in [0.4, 0.5) is 5.69 Å². The molecular weight excluding hydrogens is 471 g/mol. The summed E-state index contributed by atoms with van der Waals surface area (Å²) in [5.41, 5.74) is 9.44. The van der Waals surface area contributed by atoms with Crippen molar-refractivity contribution < 1.29 is 13.9 Å². The summed E-state index contributed by atoms with van der Waals surface area (Å²) in [6.45, 7) is 2.33. The zero-order valence-corrected chi connectivity index (χ0v) is 18.3. The van der Waals surface area contributed by atoms with Gasteiger partial charge in [0.2, 0.25) is 5.89 Å². The van der Waals surface area contributed by atoms with E-state index in [1.807, 2.05) is 31.2 Å². The van der Waals surface area contributed by atoms with Gasteiger partial charge in [0, 0.05) is 11.6 Å². The van der Waals surface area contributed by atoms with Crippen LogP contribution in [0.2, 0.25) is 0 Å². The monoisotopic (exact) mass is 494 g/mol. The third-order valence-electron chi connectivity index (χ3n) is 3.93. The van der Waals surface area contributed by atoms with Gasteiger partial charge >= 0.3 is 0 Å². The molecule has 0 saturated carbocycles. The summed E-state index contributed by atoms with van der Waals surface area (Å²) in [5.74, 6) is 2.12. The van der Waals surface area contributed by atoms with E-state index in [-0.39, 0.29) is 29.9 Å². The normalized spacial score (nSPS) is 10.9. The highest BCUT2D eigenvalue weighted by atomic mass is 127. The van der Waals surface area contributed by atoms with Crippen LogP contribution in [0.25, 0.3) is 11.5 Å². The number of anilines is 1. The van der Waals surface area contributed by atoms with E-state index in [2.05, 4.69) is 15.3 Å². The third kappa shape index (κ3) is 5.38. The van der Waals surface area contributed by atoms with Gasteiger partial charge in [0.15, 0.2) is 5.96 Å². The average molecular weight is 494 g/mol. The molecule has 148 valence electrons. The summed E-state index contributed by atoms with van der Waals surface area (Å²) in [5, 5.41) is 3.02. The second-order valence-corrected chi connectivity index (χ2v) is 5.90. The van der Waals surface area contributed by atoms with Gasteiger partial charge in [-0.05, 0) is 31.2 Å². The zero-order valence-electron chi connectivity index (χ0n) is 15.9. The fraction of sp³-hybridized carbons (Fsp3) is 0.200. The van der Waals surface area contributed by atoms with Gasteiger partial charge in [-0.15, -0.1) is 24.0 Å². The molecule has 0 fully saturated rings. The quantitative estimate of drug-likeness (QED) is 0.303. The van der Waals surface area contributed by atoms with Crippen LogP contribution in [0.15, 0.2) is 58.1 Å². The first-order chi connectivity index (χ1) is 13.1. The lowest BCUT2D eigenvalue weighted by Gasteiger charge is -2.11. The van der Waals surface area contributed by atoms with Crippen LogP contribution in [0, 0.1) is 6.92 Å². The molecule has 1 heterocycles. The smallest absolute Gasteiger partial charge is 0.226 e. The van der Waals surface area contributed by atoms with Crippen LogP contribution < -0.4 is 20.5 Å². The lowest BCUT2D eigenvalue weighted by Crippen LogP contribution is -2.23. The number of nitrogens with two attached hydrogens (primary N) is 1. The lowest BCUT2D eigenvalue weighted by molar-refractivity contribution is 0.405. The van der Waals surface area contributed by atoms with Crippen LogP contribution >= 0.6 is 24.0 Å². The Morgan fingerprint density at radius 2 is 1.89 bits per heavy atom. The largest absolute Gasteiger partial charge is 0.497 e. The fourth-order valence-corrected chi connectivity index (χ4v) is 2.46. The van der Waals surface area contributed by atoms with Gasteiger partial charge in [0.25, 0.3) is 0 Å². The maximum atomic E-state index is 5.99. The van der Waals surface area contributed by atoms with Crippen molar-refractivity contribution >= 4 is 35.6 Å². The molecule has 2 aromatic carbocycles. The van der Waals surface area contributed by atoms with Crippen LogP contribution in [0.1, 0.15) is 11.3 Å². The highest BCUT2D eigenvalue weighted by Gasteiger charge is 2.08. The van der Waals surface area contributed by atoms with Crippen LogP contribution in [-0.2, 0) is 6.54 Å². The molecule has 0 aliphatic rings. The topological polar surface area (TPSA) is 94.9 Å². The minimum Gasteiger partial charge on any atom is -0.497 e. The summed E-state index contributed by atoms with van der Waals surface area (Å²) in [6.07, 6.45) is 1.58. The number of nitrogens with zero attached hydrogens (tertiary/aromatic N) is 2. The molecule has 0 saturated heterocycles. The van der Waals surface area contributed by atoms with E-state index in [9.17, 15) is 0 Å². The van der Waals surface area contributed by atoms with Crippen LogP contribution in [-0.4, -0.2) is 25.2 Å². The van der Waals surface area contributed by atoms with Gasteiger partial charge in [-0.2, -0.15) is 0 Å². The molecule has 8 heteroatoms. The van der Waals surface area contributed by atoms with E-state index in [1.54, 1.807) is 38.7 Å². The van der Waals surface area contributed by atoms with E-state index in [4.69, 9.17) is 19.6 Å². The molecule has 0 aliphatic heterocycles. The Labute approximate surface area is 181 Å². The molecule has 0 aliphatic carbocycles. The Balaban J connectivity index is 0.00000280. The maximum absolute atomic E-state index is 5.99. The summed E-state index contributed by atoms with van der Waals surface area (Å²) >= 11 is 0. The number of ether oxygens (including phenoxy) is 2. The van der Waals surface area contributed by atoms with Crippen molar-refractivity contribution in [1.82, 2.24) is 4.98 Å². The highest BCUT2D eigenvalue weighted by Crippen LogP contribution is 2.28. The number of halogens is 1. The number of hydrogen-bond acceptors (Lipinski definition) is 5. The van der Waals surface area contributed by atoms with Gasteiger partial charge in [0.1, 0.15) is 23.5 Å². The molecule has 0 atom stereocenters. The highest BCUT2D eigenvalue weighted by molar-refractivity contribution is 14.0. The summed E-state index contributed by atoms with van der Waals surface area (Å²) in [6, 6.07) is 13.4. The molecule has 0 spiro atoms. The van der Waals surface area contributed by atoms with E-state index in [1.165, 1.54) is 5.56 Å². The number of aliphatic imine (C=N–C) groups is 1. The minimum absolute atomic E-state index is 0. The van der Waals surface area contributed by atoms with Crippen molar-refractivity contribution in [2.75, 3.05) is 19.5 Å². The summed E-state index contributed by atoms with van der Waals surface area (Å²) in [4.78, 5) is 8.75. The first-order valence-corrected chi connectivity index (χ1v) is 8.39. The maximum Gasteiger partial charge on any atom is 0.226 e. The van der Waals surface area contributed by atoms with Crippen LogP contribution in [0.3, 0.4) is 0 Å². The molecule has 0 amide bonds.